The van der Waals surface area contributed by atoms with Gasteiger partial charge in [0.05, 0.1) is 17.6 Å². The molecule has 5 heteroatoms. The first-order chi connectivity index (χ1) is 8.08. The zero-order chi connectivity index (χ0) is 12.4. The topological polar surface area (TPSA) is 70.6 Å². The number of rotatable bonds is 5. The molecule has 1 atom stereocenters. The molecule has 1 saturated heterocycles. The summed E-state index contributed by atoms with van der Waals surface area (Å²) in [6.45, 7) is 1.70. The maximum Gasteiger partial charge on any atom is 0.223 e. The number of hydrogen-bond donors (Lipinski definition) is 3. The minimum absolute atomic E-state index is 0.0214. The Bertz CT molecular complexity index is 278. The van der Waals surface area contributed by atoms with E-state index in [1.54, 1.807) is 7.11 Å². The molecular formula is C12H22N2O3. The van der Waals surface area contributed by atoms with E-state index in [2.05, 4.69) is 10.6 Å². The molecule has 0 bridgehead atoms. The molecule has 1 unspecified atom stereocenters. The van der Waals surface area contributed by atoms with Crippen molar-refractivity contribution in [2.24, 2.45) is 0 Å². The maximum absolute atomic E-state index is 11.8. The Kier molecular flexibility index (Phi) is 3.70. The molecule has 5 nitrogen and oxygen atoms in total. The molecule has 1 heterocycles. The predicted octanol–water partition coefficient (Wildman–Crippen LogP) is -0.214. The molecule has 0 aromatic carbocycles. The number of β-amino-alcohol motifs (C(OH)–C–C–N with tert-alkyl or cyclic N) is 1. The highest BCUT2D eigenvalue weighted by molar-refractivity contribution is 5.77. The average molecular weight is 242 g/mol. The third-order valence-electron chi connectivity index (χ3n) is 4.02. The van der Waals surface area contributed by atoms with Crippen molar-refractivity contribution in [2.75, 3.05) is 26.7 Å². The summed E-state index contributed by atoms with van der Waals surface area (Å²) in [5.74, 6) is -0.0214. The molecule has 98 valence electrons. The van der Waals surface area contributed by atoms with Gasteiger partial charge in [0, 0.05) is 20.2 Å². The molecule has 2 rings (SSSR count). The van der Waals surface area contributed by atoms with Gasteiger partial charge >= 0.3 is 0 Å². The van der Waals surface area contributed by atoms with Crippen molar-refractivity contribution in [1.82, 2.24) is 10.6 Å². The Morgan fingerprint density at radius 3 is 2.71 bits per heavy atom. The summed E-state index contributed by atoms with van der Waals surface area (Å²) in [5, 5.41) is 16.0. The molecule has 0 aromatic heterocycles. The lowest BCUT2D eigenvalue weighted by atomic mass is 9.77. The molecule has 2 fully saturated rings. The van der Waals surface area contributed by atoms with Crippen LogP contribution in [0.1, 0.15) is 32.1 Å². The quantitative estimate of drug-likeness (QED) is 0.624. The van der Waals surface area contributed by atoms with E-state index < -0.39 is 5.60 Å². The summed E-state index contributed by atoms with van der Waals surface area (Å²) in [6.07, 6.45) is 4.16. The van der Waals surface area contributed by atoms with Crippen molar-refractivity contribution in [3.63, 3.8) is 0 Å². The summed E-state index contributed by atoms with van der Waals surface area (Å²) in [6, 6.07) is 0. The third kappa shape index (κ3) is 2.97. The van der Waals surface area contributed by atoms with Gasteiger partial charge in [-0.1, -0.05) is 0 Å². The van der Waals surface area contributed by atoms with Crippen molar-refractivity contribution in [2.45, 2.75) is 43.3 Å². The summed E-state index contributed by atoms with van der Waals surface area (Å²) in [7, 11) is 1.67. The van der Waals surface area contributed by atoms with Crippen LogP contribution in [-0.2, 0) is 9.53 Å². The van der Waals surface area contributed by atoms with Crippen molar-refractivity contribution >= 4 is 5.91 Å². The van der Waals surface area contributed by atoms with E-state index in [9.17, 15) is 9.90 Å². The van der Waals surface area contributed by atoms with Crippen LogP contribution in [0.15, 0.2) is 0 Å². The Labute approximate surface area is 102 Å². The van der Waals surface area contributed by atoms with Crippen LogP contribution in [0.25, 0.3) is 0 Å². The highest BCUT2D eigenvalue weighted by Gasteiger charge is 2.39. The maximum atomic E-state index is 11.8. The lowest BCUT2D eigenvalue weighted by Crippen LogP contribution is -2.48. The Balaban J connectivity index is 1.74. The van der Waals surface area contributed by atoms with Crippen LogP contribution < -0.4 is 10.6 Å². The van der Waals surface area contributed by atoms with E-state index in [0.717, 1.165) is 25.8 Å². The first-order valence-corrected chi connectivity index (χ1v) is 6.33. The minimum atomic E-state index is -0.768. The van der Waals surface area contributed by atoms with Gasteiger partial charge in [-0.2, -0.15) is 0 Å². The van der Waals surface area contributed by atoms with Gasteiger partial charge in [-0.15, -0.1) is 0 Å². The largest absolute Gasteiger partial charge is 0.387 e. The Hall–Kier alpha value is -0.650. The number of carbonyl (C=O) groups is 1. The molecule has 0 aromatic rings. The zero-order valence-electron chi connectivity index (χ0n) is 10.4. The SMILES string of the molecule is COC1(CC(=O)NCC2(O)CCNC2)CCC1. The number of ether oxygens (including phenoxy) is 1. The van der Waals surface area contributed by atoms with E-state index >= 15 is 0 Å². The Morgan fingerprint density at radius 1 is 1.47 bits per heavy atom. The van der Waals surface area contributed by atoms with Gasteiger partial charge in [0.2, 0.25) is 5.91 Å². The first-order valence-electron chi connectivity index (χ1n) is 6.33. The van der Waals surface area contributed by atoms with Crippen molar-refractivity contribution in [3.8, 4) is 0 Å². The van der Waals surface area contributed by atoms with E-state index in [1.165, 1.54) is 0 Å². The molecule has 0 radical (unpaired) electrons. The van der Waals surface area contributed by atoms with Crippen LogP contribution in [-0.4, -0.2) is 49.0 Å². The van der Waals surface area contributed by atoms with Gasteiger partial charge in [-0.05, 0) is 32.2 Å². The van der Waals surface area contributed by atoms with Crippen LogP contribution >= 0.6 is 0 Å². The van der Waals surface area contributed by atoms with Gasteiger partial charge in [0.25, 0.3) is 0 Å². The lowest BCUT2D eigenvalue weighted by molar-refractivity contribution is -0.135. The second-order valence-electron chi connectivity index (χ2n) is 5.35. The van der Waals surface area contributed by atoms with Crippen LogP contribution in [0.5, 0.6) is 0 Å². The van der Waals surface area contributed by atoms with Crippen molar-refractivity contribution in [1.29, 1.82) is 0 Å². The molecule has 3 N–H and O–H groups in total. The molecule has 0 spiro atoms. The second-order valence-corrected chi connectivity index (χ2v) is 5.35. The van der Waals surface area contributed by atoms with Crippen molar-refractivity contribution in [3.05, 3.63) is 0 Å². The molecule has 1 saturated carbocycles. The van der Waals surface area contributed by atoms with Crippen LogP contribution in [0.3, 0.4) is 0 Å². The van der Waals surface area contributed by atoms with Crippen LogP contribution in [0, 0.1) is 0 Å². The normalized spacial score (nSPS) is 30.9. The molecular weight excluding hydrogens is 220 g/mol. The molecule has 1 aliphatic carbocycles. The summed E-state index contributed by atoms with van der Waals surface area (Å²) >= 11 is 0. The van der Waals surface area contributed by atoms with Crippen LogP contribution in [0.4, 0.5) is 0 Å². The summed E-state index contributed by atoms with van der Waals surface area (Å²) in [5.41, 5.74) is -1.00. The fraction of sp³-hybridized carbons (Fsp3) is 0.917. The number of carbonyl (C=O) groups excluding carboxylic acids is 1. The fourth-order valence-electron chi connectivity index (χ4n) is 2.52. The standard InChI is InChI=1S/C12H22N2O3/c1-17-12(3-2-4-12)7-10(15)14-9-11(16)5-6-13-8-11/h13,16H,2-9H2,1H3,(H,14,15). The zero-order valence-corrected chi connectivity index (χ0v) is 10.4. The predicted molar refractivity (Wildman–Crippen MR) is 63.7 cm³/mol. The Morgan fingerprint density at radius 2 is 2.24 bits per heavy atom. The highest BCUT2D eigenvalue weighted by atomic mass is 16.5. The third-order valence-corrected chi connectivity index (χ3v) is 4.02. The van der Waals surface area contributed by atoms with Crippen LogP contribution in [0.2, 0.25) is 0 Å². The summed E-state index contributed by atoms with van der Waals surface area (Å²) < 4.78 is 5.41. The monoisotopic (exact) mass is 242 g/mol. The fourth-order valence-corrected chi connectivity index (χ4v) is 2.52. The second kappa shape index (κ2) is 4.92. The van der Waals surface area contributed by atoms with Gasteiger partial charge in [-0.25, -0.2) is 0 Å². The highest BCUT2D eigenvalue weighted by Crippen LogP contribution is 2.37. The molecule has 17 heavy (non-hydrogen) atoms. The number of hydrogen-bond acceptors (Lipinski definition) is 4. The van der Waals surface area contributed by atoms with Gasteiger partial charge in [0.15, 0.2) is 0 Å². The average Bonchev–Trinajstić information content (AvgIpc) is 2.69. The first kappa shape index (κ1) is 12.8. The van der Waals surface area contributed by atoms with Crippen molar-refractivity contribution < 1.29 is 14.6 Å². The van der Waals surface area contributed by atoms with Gasteiger partial charge in [-0.3, -0.25) is 4.79 Å². The lowest BCUT2D eigenvalue weighted by Gasteiger charge is -2.40. The summed E-state index contributed by atoms with van der Waals surface area (Å²) in [4.78, 5) is 11.8. The minimum Gasteiger partial charge on any atom is -0.387 e. The van der Waals surface area contributed by atoms with E-state index in [0.29, 0.717) is 25.9 Å². The van der Waals surface area contributed by atoms with E-state index in [1.807, 2.05) is 0 Å². The van der Waals surface area contributed by atoms with Gasteiger partial charge in [0.1, 0.15) is 0 Å². The number of aliphatic hydroxyl groups is 1. The van der Waals surface area contributed by atoms with E-state index in [4.69, 9.17) is 4.74 Å². The molecule has 1 amide bonds. The number of amides is 1. The van der Waals surface area contributed by atoms with Gasteiger partial charge < -0.3 is 20.5 Å². The number of nitrogens with one attached hydrogen (secondary N) is 2. The molecule has 2 aliphatic rings. The number of methoxy groups -OCH3 is 1. The smallest absolute Gasteiger partial charge is 0.223 e. The van der Waals surface area contributed by atoms with E-state index in [-0.39, 0.29) is 11.5 Å². The molecule has 1 aliphatic heterocycles.